The Labute approximate surface area is 130 Å². The lowest BCUT2D eigenvalue weighted by Crippen LogP contribution is -2.32. The van der Waals surface area contributed by atoms with Gasteiger partial charge in [-0.15, -0.1) is 0 Å². The summed E-state index contributed by atoms with van der Waals surface area (Å²) in [6.07, 6.45) is 6.33. The summed E-state index contributed by atoms with van der Waals surface area (Å²) in [5.41, 5.74) is 11.2. The summed E-state index contributed by atoms with van der Waals surface area (Å²) in [6.45, 7) is 11.9. The summed E-state index contributed by atoms with van der Waals surface area (Å²) in [4.78, 5) is 0. The van der Waals surface area contributed by atoms with Crippen LogP contribution in [0.3, 0.4) is 0 Å². The van der Waals surface area contributed by atoms with Gasteiger partial charge in [0.25, 0.3) is 0 Å². The SMILES string of the molecule is Cc1cc2c(n1C1CCC(C)C(C)C1)CC(C)(C)CC2N. The molecule has 2 nitrogen and oxygen atoms in total. The predicted molar refractivity (Wildman–Crippen MR) is 89.4 cm³/mol. The average molecular weight is 288 g/mol. The molecule has 4 atom stereocenters. The smallest absolute Gasteiger partial charge is 0.0338 e. The second-order valence-corrected chi connectivity index (χ2v) is 8.63. The monoisotopic (exact) mass is 288 g/mol. The summed E-state index contributed by atoms with van der Waals surface area (Å²) >= 11 is 0. The van der Waals surface area contributed by atoms with Gasteiger partial charge < -0.3 is 10.3 Å². The van der Waals surface area contributed by atoms with Crippen molar-refractivity contribution >= 4 is 0 Å². The third-order valence-corrected chi connectivity index (χ3v) is 6.12. The van der Waals surface area contributed by atoms with Crippen LogP contribution in [0.25, 0.3) is 0 Å². The summed E-state index contributed by atoms with van der Waals surface area (Å²) in [7, 11) is 0. The zero-order valence-corrected chi connectivity index (χ0v) is 14.4. The number of fused-ring (bicyclic) bond motifs is 1. The molecule has 2 heteroatoms. The lowest BCUT2D eigenvalue weighted by Gasteiger charge is -2.38. The summed E-state index contributed by atoms with van der Waals surface area (Å²) < 4.78 is 2.67. The van der Waals surface area contributed by atoms with Crippen molar-refractivity contribution in [2.24, 2.45) is 23.0 Å². The molecule has 2 N–H and O–H groups in total. The molecule has 1 fully saturated rings. The Balaban J connectivity index is 1.97. The van der Waals surface area contributed by atoms with Crippen LogP contribution in [0.15, 0.2) is 6.07 Å². The quantitative estimate of drug-likeness (QED) is 0.793. The fourth-order valence-corrected chi connectivity index (χ4v) is 4.73. The maximum Gasteiger partial charge on any atom is 0.0338 e. The number of hydrogen-bond acceptors (Lipinski definition) is 1. The van der Waals surface area contributed by atoms with Gasteiger partial charge in [0.15, 0.2) is 0 Å². The van der Waals surface area contributed by atoms with Crippen LogP contribution in [-0.4, -0.2) is 4.57 Å². The third kappa shape index (κ3) is 2.67. The highest BCUT2D eigenvalue weighted by molar-refractivity contribution is 5.34. The maximum atomic E-state index is 6.47. The molecule has 3 rings (SSSR count). The Hall–Kier alpha value is -0.760. The minimum atomic E-state index is 0.226. The number of rotatable bonds is 1. The van der Waals surface area contributed by atoms with E-state index in [4.69, 9.17) is 5.73 Å². The molecule has 1 saturated carbocycles. The fourth-order valence-electron chi connectivity index (χ4n) is 4.73. The van der Waals surface area contributed by atoms with Crippen molar-refractivity contribution in [1.29, 1.82) is 0 Å². The molecule has 0 spiro atoms. The third-order valence-electron chi connectivity index (χ3n) is 6.12. The second kappa shape index (κ2) is 5.15. The highest BCUT2D eigenvalue weighted by Gasteiger charge is 2.36. The number of nitrogens with two attached hydrogens (primary N) is 1. The predicted octanol–water partition coefficient (Wildman–Crippen LogP) is 4.77. The number of aryl methyl sites for hydroxylation is 1. The van der Waals surface area contributed by atoms with Crippen LogP contribution in [0.5, 0.6) is 0 Å². The minimum absolute atomic E-state index is 0.226. The van der Waals surface area contributed by atoms with E-state index in [0.717, 1.165) is 18.3 Å². The van der Waals surface area contributed by atoms with E-state index in [2.05, 4.69) is 45.3 Å². The van der Waals surface area contributed by atoms with Crippen LogP contribution < -0.4 is 5.73 Å². The first-order chi connectivity index (χ1) is 9.78. The zero-order chi connectivity index (χ0) is 15.4. The molecule has 0 aliphatic heterocycles. The van der Waals surface area contributed by atoms with E-state index < -0.39 is 0 Å². The molecule has 118 valence electrons. The molecule has 0 bridgehead atoms. The molecule has 21 heavy (non-hydrogen) atoms. The van der Waals surface area contributed by atoms with E-state index in [-0.39, 0.29) is 6.04 Å². The van der Waals surface area contributed by atoms with Crippen molar-refractivity contribution in [3.8, 4) is 0 Å². The van der Waals surface area contributed by atoms with Crippen LogP contribution >= 0.6 is 0 Å². The van der Waals surface area contributed by atoms with Crippen LogP contribution in [-0.2, 0) is 6.42 Å². The standard InChI is InChI=1S/C19H32N2/c1-12-6-7-15(8-13(12)2)21-14(3)9-16-17(20)10-19(4,5)11-18(16)21/h9,12-13,15,17H,6-8,10-11,20H2,1-5H3. The maximum absolute atomic E-state index is 6.47. The van der Waals surface area contributed by atoms with E-state index in [9.17, 15) is 0 Å². The topological polar surface area (TPSA) is 30.9 Å². The highest BCUT2D eigenvalue weighted by atomic mass is 15.0. The molecule has 4 unspecified atom stereocenters. The van der Waals surface area contributed by atoms with Crippen molar-refractivity contribution in [3.63, 3.8) is 0 Å². The normalized spacial score (nSPS) is 35.5. The summed E-state index contributed by atoms with van der Waals surface area (Å²) in [6, 6.07) is 3.29. The molecule has 1 heterocycles. The lowest BCUT2D eigenvalue weighted by atomic mass is 9.74. The molecule has 1 aromatic rings. The van der Waals surface area contributed by atoms with Crippen molar-refractivity contribution in [3.05, 3.63) is 23.0 Å². The van der Waals surface area contributed by atoms with Crippen molar-refractivity contribution in [2.45, 2.75) is 78.8 Å². The van der Waals surface area contributed by atoms with Crippen molar-refractivity contribution in [2.75, 3.05) is 0 Å². The van der Waals surface area contributed by atoms with Gasteiger partial charge in [0.2, 0.25) is 0 Å². The van der Waals surface area contributed by atoms with Gasteiger partial charge in [-0.3, -0.25) is 0 Å². The van der Waals surface area contributed by atoms with E-state index in [1.165, 1.54) is 36.9 Å². The van der Waals surface area contributed by atoms with Crippen molar-refractivity contribution in [1.82, 2.24) is 4.57 Å². The van der Waals surface area contributed by atoms with Gasteiger partial charge in [0.05, 0.1) is 0 Å². The van der Waals surface area contributed by atoms with E-state index in [0.29, 0.717) is 11.5 Å². The van der Waals surface area contributed by atoms with Gasteiger partial charge >= 0.3 is 0 Å². The molecule has 0 radical (unpaired) electrons. The largest absolute Gasteiger partial charge is 0.346 e. The van der Waals surface area contributed by atoms with E-state index in [1.807, 2.05) is 0 Å². The van der Waals surface area contributed by atoms with Crippen LogP contribution in [0.4, 0.5) is 0 Å². The van der Waals surface area contributed by atoms with Crippen LogP contribution in [0, 0.1) is 24.2 Å². The lowest BCUT2D eigenvalue weighted by molar-refractivity contribution is 0.199. The van der Waals surface area contributed by atoms with Gasteiger partial charge in [0, 0.05) is 23.5 Å². The van der Waals surface area contributed by atoms with Gasteiger partial charge in [-0.2, -0.15) is 0 Å². The van der Waals surface area contributed by atoms with Crippen molar-refractivity contribution < 1.29 is 0 Å². The first-order valence-corrected chi connectivity index (χ1v) is 8.74. The second-order valence-electron chi connectivity index (χ2n) is 8.63. The van der Waals surface area contributed by atoms with E-state index in [1.54, 1.807) is 5.69 Å². The molecule has 2 aliphatic rings. The van der Waals surface area contributed by atoms with Crippen LogP contribution in [0.2, 0.25) is 0 Å². The molecule has 0 amide bonds. The molecule has 2 aliphatic carbocycles. The molecule has 0 saturated heterocycles. The molecule has 1 aromatic heterocycles. The Kier molecular flexibility index (Phi) is 3.72. The molecular formula is C19H32N2. The van der Waals surface area contributed by atoms with Gasteiger partial charge in [-0.1, -0.05) is 27.7 Å². The first kappa shape index (κ1) is 15.1. The number of hydrogen-bond donors (Lipinski definition) is 1. The minimum Gasteiger partial charge on any atom is -0.346 e. The molecule has 0 aromatic carbocycles. The average Bonchev–Trinajstić information content (AvgIpc) is 2.68. The number of nitrogens with zero attached hydrogens (tertiary/aromatic N) is 1. The van der Waals surface area contributed by atoms with Gasteiger partial charge in [-0.25, -0.2) is 0 Å². The Morgan fingerprint density at radius 1 is 1.19 bits per heavy atom. The Bertz CT molecular complexity index is 526. The fraction of sp³-hybridized carbons (Fsp3) is 0.789. The van der Waals surface area contributed by atoms with Gasteiger partial charge in [0.1, 0.15) is 0 Å². The zero-order valence-electron chi connectivity index (χ0n) is 14.4. The van der Waals surface area contributed by atoms with E-state index >= 15 is 0 Å². The molecular weight excluding hydrogens is 256 g/mol. The van der Waals surface area contributed by atoms with Gasteiger partial charge in [-0.05, 0) is 67.9 Å². The first-order valence-electron chi connectivity index (χ1n) is 8.74. The number of aromatic nitrogens is 1. The summed E-state index contributed by atoms with van der Waals surface area (Å²) in [5.74, 6) is 1.72. The Morgan fingerprint density at radius 3 is 2.57 bits per heavy atom. The summed E-state index contributed by atoms with van der Waals surface area (Å²) in [5, 5.41) is 0. The van der Waals surface area contributed by atoms with Crippen LogP contribution in [0.1, 0.15) is 82.4 Å². The Morgan fingerprint density at radius 2 is 1.90 bits per heavy atom. The highest BCUT2D eigenvalue weighted by Crippen LogP contribution is 2.44.